The molecule has 2 unspecified atom stereocenters. The highest BCUT2D eigenvalue weighted by Crippen LogP contribution is 2.48. The molecule has 2 aliphatic rings. The van der Waals surface area contributed by atoms with Gasteiger partial charge in [-0.25, -0.2) is 8.42 Å². The van der Waals surface area contributed by atoms with Crippen LogP contribution in [0.15, 0.2) is 48.5 Å². The van der Waals surface area contributed by atoms with Gasteiger partial charge in [0.1, 0.15) is 12.2 Å². The van der Waals surface area contributed by atoms with Gasteiger partial charge in [0, 0.05) is 16.1 Å². The molecule has 1 heterocycles. The second-order valence-electron chi connectivity index (χ2n) is 9.72. The number of rotatable bonds is 9. The van der Waals surface area contributed by atoms with Gasteiger partial charge < -0.3 is 14.7 Å². The first-order valence-electron chi connectivity index (χ1n) is 11.9. The molecule has 2 aromatic rings. The lowest BCUT2D eigenvalue weighted by Crippen LogP contribution is -2.57. The van der Waals surface area contributed by atoms with E-state index in [1.54, 1.807) is 61.2 Å². The summed E-state index contributed by atoms with van der Waals surface area (Å²) in [7, 11) is -3.51. The van der Waals surface area contributed by atoms with E-state index in [9.17, 15) is 23.1 Å². The largest absolute Gasteiger partial charge is 0.481 e. The SMILES string of the molecule is CC(C)S(=O)(=O)C[C@H](C1CC1)N1C(=O)C(CC(=O)O)O[C@H](c2cccc(Cl)c2)C1c1ccc(Cl)cc1. The first-order chi connectivity index (χ1) is 17.0. The zero-order valence-corrected chi connectivity index (χ0v) is 22.3. The Morgan fingerprint density at radius 1 is 1.08 bits per heavy atom. The summed E-state index contributed by atoms with van der Waals surface area (Å²) in [5.74, 6) is -1.90. The van der Waals surface area contributed by atoms with E-state index in [1.165, 1.54) is 0 Å². The first kappa shape index (κ1) is 26.9. The van der Waals surface area contributed by atoms with Crippen molar-refractivity contribution >= 4 is 44.9 Å². The minimum atomic E-state index is -3.51. The molecule has 1 aliphatic carbocycles. The summed E-state index contributed by atoms with van der Waals surface area (Å²) in [4.78, 5) is 27.1. The highest BCUT2D eigenvalue weighted by Gasteiger charge is 2.51. The van der Waals surface area contributed by atoms with E-state index in [1.807, 2.05) is 6.07 Å². The van der Waals surface area contributed by atoms with Gasteiger partial charge in [-0.1, -0.05) is 47.5 Å². The summed E-state index contributed by atoms with van der Waals surface area (Å²) in [6.45, 7) is 3.25. The van der Waals surface area contributed by atoms with Crippen LogP contribution in [0.5, 0.6) is 0 Å². The smallest absolute Gasteiger partial charge is 0.306 e. The zero-order chi connectivity index (χ0) is 26.2. The van der Waals surface area contributed by atoms with Crippen LogP contribution in [0.25, 0.3) is 0 Å². The lowest BCUT2D eigenvalue weighted by molar-refractivity contribution is -0.183. The maximum absolute atomic E-state index is 13.9. The normalized spacial score (nSPS) is 23.6. The van der Waals surface area contributed by atoms with Crippen molar-refractivity contribution in [3.8, 4) is 0 Å². The summed E-state index contributed by atoms with van der Waals surface area (Å²) in [5.41, 5.74) is 1.37. The highest BCUT2D eigenvalue weighted by atomic mass is 35.5. The summed E-state index contributed by atoms with van der Waals surface area (Å²) in [6, 6.07) is 12.7. The van der Waals surface area contributed by atoms with E-state index in [0.717, 1.165) is 12.8 Å². The summed E-state index contributed by atoms with van der Waals surface area (Å²) in [5, 5.41) is 9.89. The third-order valence-corrected chi connectivity index (χ3v) is 9.55. The molecule has 0 aromatic heterocycles. The van der Waals surface area contributed by atoms with Gasteiger partial charge in [0.15, 0.2) is 9.84 Å². The molecule has 2 fully saturated rings. The van der Waals surface area contributed by atoms with Crippen molar-refractivity contribution in [3.63, 3.8) is 0 Å². The molecular weight excluding hydrogens is 525 g/mol. The predicted molar refractivity (Wildman–Crippen MR) is 138 cm³/mol. The number of sulfone groups is 1. The number of carbonyl (C=O) groups is 2. The number of benzene rings is 2. The third kappa shape index (κ3) is 5.88. The van der Waals surface area contributed by atoms with Crippen molar-refractivity contribution in [1.82, 2.24) is 4.90 Å². The van der Waals surface area contributed by atoms with Gasteiger partial charge in [-0.15, -0.1) is 0 Å². The van der Waals surface area contributed by atoms with Crippen molar-refractivity contribution in [1.29, 1.82) is 0 Å². The topological polar surface area (TPSA) is 101 Å². The van der Waals surface area contributed by atoms with Gasteiger partial charge in [-0.2, -0.15) is 0 Å². The van der Waals surface area contributed by atoms with Crippen LogP contribution in [0.3, 0.4) is 0 Å². The minimum absolute atomic E-state index is 0.000801. The highest BCUT2D eigenvalue weighted by molar-refractivity contribution is 7.92. The number of carboxylic acid groups (broad SMARTS) is 1. The Hall–Kier alpha value is -2.13. The Bertz CT molecular complexity index is 1230. The number of carbonyl (C=O) groups excluding carboxylic acids is 1. The van der Waals surface area contributed by atoms with Crippen LogP contribution in [0, 0.1) is 5.92 Å². The molecule has 10 heteroatoms. The molecule has 0 radical (unpaired) electrons. The van der Waals surface area contributed by atoms with Crippen LogP contribution in [0.4, 0.5) is 0 Å². The molecule has 0 bridgehead atoms. The average molecular weight is 554 g/mol. The summed E-state index contributed by atoms with van der Waals surface area (Å²) >= 11 is 12.4. The van der Waals surface area contributed by atoms with E-state index in [4.69, 9.17) is 27.9 Å². The molecule has 194 valence electrons. The first-order valence-corrected chi connectivity index (χ1v) is 14.4. The molecule has 36 heavy (non-hydrogen) atoms. The quantitative estimate of drug-likeness (QED) is 0.464. The van der Waals surface area contributed by atoms with Crippen molar-refractivity contribution in [2.45, 2.75) is 62.7 Å². The number of hydrogen-bond acceptors (Lipinski definition) is 5. The number of nitrogens with zero attached hydrogens (tertiary/aromatic N) is 1. The summed E-state index contributed by atoms with van der Waals surface area (Å²) < 4.78 is 32.3. The monoisotopic (exact) mass is 553 g/mol. The van der Waals surface area contributed by atoms with Crippen LogP contribution in [0.2, 0.25) is 10.0 Å². The van der Waals surface area contributed by atoms with Crippen molar-refractivity contribution in [2.75, 3.05) is 5.75 Å². The van der Waals surface area contributed by atoms with E-state index >= 15 is 0 Å². The number of amides is 1. The fourth-order valence-electron chi connectivity index (χ4n) is 4.72. The molecule has 1 saturated carbocycles. The molecule has 1 aliphatic heterocycles. The number of carboxylic acids is 1. The predicted octanol–water partition coefficient (Wildman–Crippen LogP) is 5.08. The summed E-state index contributed by atoms with van der Waals surface area (Å²) in [6.07, 6.45) is -0.981. The van der Waals surface area contributed by atoms with Crippen LogP contribution in [-0.4, -0.2) is 53.4 Å². The van der Waals surface area contributed by atoms with E-state index in [2.05, 4.69) is 0 Å². The molecular formula is C26H29Cl2NO6S. The molecule has 4 atom stereocenters. The molecule has 4 rings (SSSR count). The number of halogens is 2. The number of morpholine rings is 1. The standard InChI is InChI=1S/C26H29Cl2NO6S/c1-15(2)36(33,34)14-21(16-6-7-16)29-24(17-8-10-19(27)11-9-17)25(18-4-3-5-20(28)12-18)35-22(26(29)32)13-23(30)31/h3-5,8-12,15-16,21-22,24-25H,6-7,13-14H2,1-2H3,(H,30,31)/t21-,22?,24?,25-/m1/s1. The number of aliphatic carboxylic acids is 1. The maximum Gasteiger partial charge on any atom is 0.306 e. The third-order valence-electron chi connectivity index (χ3n) is 6.82. The Labute approximate surface area is 221 Å². The second kappa shape index (κ2) is 10.7. The molecule has 1 N–H and O–H groups in total. The van der Waals surface area contributed by atoms with Crippen LogP contribution < -0.4 is 0 Å². The van der Waals surface area contributed by atoms with Crippen LogP contribution >= 0.6 is 23.2 Å². The van der Waals surface area contributed by atoms with Gasteiger partial charge in [0.2, 0.25) is 0 Å². The van der Waals surface area contributed by atoms with Crippen LogP contribution in [0.1, 0.15) is 56.4 Å². The molecule has 7 nitrogen and oxygen atoms in total. The van der Waals surface area contributed by atoms with E-state index in [0.29, 0.717) is 21.2 Å². The van der Waals surface area contributed by atoms with Gasteiger partial charge >= 0.3 is 5.97 Å². The van der Waals surface area contributed by atoms with Gasteiger partial charge in [-0.05, 0) is 68.0 Å². The van der Waals surface area contributed by atoms with Gasteiger partial charge in [0.25, 0.3) is 5.91 Å². The Morgan fingerprint density at radius 3 is 2.31 bits per heavy atom. The maximum atomic E-state index is 13.9. The molecule has 1 saturated heterocycles. The number of ether oxygens (including phenoxy) is 1. The molecule has 2 aromatic carbocycles. The minimum Gasteiger partial charge on any atom is -0.481 e. The van der Waals surface area contributed by atoms with Crippen molar-refractivity contribution < 1.29 is 27.9 Å². The van der Waals surface area contributed by atoms with Crippen molar-refractivity contribution in [2.24, 2.45) is 5.92 Å². The fourth-order valence-corrected chi connectivity index (χ4v) is 6.34. The van der Waals surface area contributed by atoms with Gasteiger partial charge in [-0.3, -0.25) is 9.59 Å². The van der Waals surface area contributed by atoms with E-state index in [-0.39, 0.29) is 11.7 Å². The van der Waals surface area contributed by atoms with Crippen molar-refractivity contribution in [3.05, 3.63) is 69.7 Å². The fraction of sp³-hybridized carbons (Fsp3) is 0.462. The average Bonchev–Trinajstić information content (AvgIpc) is 3.64. The zero-order valence-electron chi connectivity index (χ0n) is 20.0. The Kier molecular flexibility index (Phi) is 8.00. The number of hydrogen-bond donors (Lipinski definition) is 1. The Morgan fingerprint density at radius 2 is 1.75 bits per heavy atom. The second-order valence-corrected chi connectivity index (χ2v) is 13.2. The molecule has 0 spiro atoms. The van der Waals surface area contributed by atoms with E-state index < -0.39 is 57.7 Å². The lowest BCUT2D eigenvalue weighted by Gasteiger charge is -2.48. The molecule has 1 amide bonds. The Balaban J connectivity index is 1.89. The lowest BCUT2D eigenvalue weighted by atomic mass is 9.89. The van der Waals surface area contributed by atoms with Crippen LogP contribution in [-0.2, 0) is 24.2 Å². The van der Waals surface area contributed by atoms with Gasteiger partial charge in [0.05, 0.1) is 23.5 Å².